The molecule has 0 atom stereocenters. The van der Waals surface area contributed by atoms with Gasteiger partial charge in [-0.1, -0.05) is 13.8 Å². The fourth-order valence-corrected chi connectivity index (χ4v) is 4.01. The molecular formula is C25H31F3N4O3. The van der Waals surface area contributed by atoms with Gasteiger partial charge in [0, 0.05) is 37.7 Å². The number of carbonyl (C=O) groups is 2. The highest BCUT2D eigenvalue weighted by atomic mass is 19.4. The molecular weight excluding hydrogens is 461 g/mol. The summed E-state index contributed by atoms with van der Waals surface area (Å²) in [6, 6.07) is 7.89. The molecule has 2 fully saturated rings. The van der Waals surface area contributed by atoms with E-state index in [4.69, 9.17) is 4.74 Å². The number of hydrogen-bond acceptors (Lipinski definition) is 5. The Hall–Kier alpha value is -3.14. The molecule has 3 heterocycles. The van der Waals surface area contributed by atoms with Gasteiger partial charge in [-0.25, -0.2) is 4.98 Å². The Balaban J connectivity index is 0.00000167. The van der Waals surface area contributed by atoms with Gasteiger partial charge in [-0.15, -0.1) is 0 Å². The second-order valence-corrected chi connectivity index (χ2v) is 8.14. The first kappa shape index (κ1) is 26.5. The minimum atomic E-state index is -4.44. The number of aromatic nitrogens is 1. The smallest absolute Gasteiger partial charge is 0.378 e. The molecule has 1 N–H and O–H groups in total. The number of benzene rings is 1. The van der Waals surface area contributed by atoms with Crippen LogP contribution in [0, 0.1) is 5.92 Å². The third-order valence-electron chi connectivity index (χ3n) is 5.96. The Labute approximate surface area is 203 Å². The Morgan fingerprint density at radius 2 is 1.60 bits per heavy atom. The van der Waals surface area contributed by atoms with Gasteiger partial charge >= 0.3 is 6.18 Å². The van der Waals surface area contributed by atoms with E-state index in [1.807, 2.05) is 26.0 Å². The van der Waals surface area contributed by atoms with Crippen molar-refractivity contribution in [2.24, 2.45) is 5.92 Å². The molecule has 2 amide bonds. The van der Waals surface area contributed by atoms with Crippen molar-refractivity contribution in [1.82, 2.24) is 9.88 Å². The predicted molar refractivity (Wildman–Crippen MR) is 127 cm³/mol. The summed E-state index contributed by atoms with van der Waals surface area (Å²) >= 11 is 0. The minimum absolute atomic E-state index is 0.127. The molecule has 4 rings (SSSR count). The number of likely N-dealkylation sites (tertiary alicyclic amines) is 1. The van der Waals surface area contributed by atoms with Gasteiger partial charge in [-0.05, 0) is 49.2 Å². The van der Waals surface area contributed by atoms with Crippen molar-refractivity contribution in [3.63, 3.8) is 0 Å². The SMILES string of the molecule is CC.O=C(Nc1ccc(N2CCOCC2)nc1)C1CCN(C(=O)c2ccc(C(F)(F)F)cc2)CC1. The van der Waals surface area contributed by atoms with E-state index < -0.39 is 11.7 Å². The number of alkyl halides is 3. The maximum atomic E-state index is 12.7. The van der Waals surface area contributed by atoms with Gasteiger partial charge in [0.15, 0.2) is 0 Å². The molecule has 0 bridgehead atoms. The topological polar surface area (TPSA) is 74.8 Å². The van der Waals surface area contributed by atoms with E-state index in [9.17, 15) is 22.8 Å². The van der Waals surface area contributed by atoms with Crippen molar-refractivity contribution < 1.29 is 27.5 Å². The van der Waals surface area contributed by atoms with Crippen LogP contribution >= 0.6 is 0 Å². The molecule has 2 saturated heterocycles. The first-order chi connectivity index (χ1) is 16.8. The largest absolute Gasteiger partial charge is 0.416 e. The summed E-state index contributed by atoms with van der Waals surface area (Å²) in [6.07, 6.45) is -1.84. The molecule has 0 aliphatic carbocycles. The van der Waals surface area contributed by atoms with Crippen LogP contribution < -0.4 is 10.2 Å². The molecule has 2 aromatic rings. The van der Waals surface area contributed by atoms with E-state index in [2.05, 4.69) is 15.2 Å². The first-order valence-corrected chi connectivity index (χ1v) is 11.9. The summed E-state index contributed by atoms with van der Waals surface area (Å²) in [5, 5.41) is 2.88. The van der Waals surface area contributed by atoms with Crippen LogP contribution in [-0.2, 0) is 15.7 Å². The van der Waals surface area contributed by atoms with Gasteiger partial charge in [0.1, 0.15) is 5.82 Å². The molecule has 2 aliphatic rings. The van der Waals surface area contributed by atoms with E-state index in [0.717, 1.165) is 31.0 Å². The minimum Gasteiger partial charge on any atom is -0.378 e. The lowest BCUT2D eigenvalue weighted by atomic mass is 9.95. The number of nitrogens with one attached hydrogen (secondary N) is 1. The van der Waals surface area contributed by atoms with Gasteiger partial charge in [-0.3, -0.25) is 9.59 Å². The van der Waals surface area contributed by atoms with Crippen molar-refractivity contribution in [1.29, 1.82) is 0 Å². The molecule has 0 radical (unpaired) electrons. The fourth-order valence-electron chi connectivity index (χ4n) is 4.01. The average Bonchev–Trinajstić information content (AvgIpc) is 2.90. The molecule has 0 saturated carbocycles. The lowest BCUT2D eigenvalue weighted by Crippen LogP contribution is -2.41. The molecule has 190 valence electrons. The van der Waals surface area contributed by atoms with Crippen LogP contribution in [0.2, 0.25) is 0 Å². The van der Waals surface area contributed by atoms with E-state index in [-0.39, 0.29) is 23.3 Å². The number of piperidine rings is 1. The zero-order chi connectivity index (χ0) is 25.4. The van der Waals surface area contributed by atoms with Crippen LogP contribution in [0.15, 0.2) is 42.6 Å². The maximum Gasteiger partial charge on any atom is 0.416 e. The van der Waals surface area contributed by atoms with Gasteiger partial charge in [0.25, 0.3) is 5.91 Å². The molecule has 1 aromatic heterocycles. The fraction of sp³-hybridized carbons (Fsp3) is 0.480. The molecule has 0 spiro atoms. The van der Waals surface area contributed by atoms with Gasteiger partial charge in [-0.2, -0.15) is 13.2 Å². The Bertz CT molecular complexity index is 967. The third-order valence-corrected chi connectivity index (χ3v) is 5.96. The number of nitrogens with zero attached hydrogens (tertiary/aromatic N) is 3. The van der Waals surface area contributed by atoms with Gasteiger partial charge < -0.3 is 19.9 Å². The molecule has 1 aromatic carbocycles. The summed E-state index contributed by atoms with van der Waals surface area (Å²) in [5.41, 5.74) is 0.0273. The molecule has 35 heavy (non-hydrogen) atoms. The number of morpholine rings is 1. The highest BCUT2D eigenvalue weighted by Gasteiger charge is 2.31. The lowest BCUT2D eigenvalue weighted by molar-refractivity contribution is -0.137. The average molecular weight is 493 g/mol. The van der Waals surface area contributed by atoms with Crippen LogP contribution in [0.5, 0.6) is 0 Å². The summed E-state index contributed by atoms with van der Waals surface area (Å²) < 4.78 is 43.5. The number of anilines is 2. The van der Waals surface area contributed by atoms with E-state index >= 15 is 0 Å². The summed E-state index contributed by atoms with van der Waals surface area (Å²) in [4.78, 5) is 33.4. The highest BCUT2D eigenvalue weighted by molar-refractivity contribution is 5.95. The Morgan fingerprint density at radius 3 is 2.14 bits per heavy atom. The number of carbonyl (C=O) groups excluding carboxylic acids is 2. The number of halogens is 3. The highest BCUT2D eigenvalue weighted by Crippen LogP contribution is 2.29. The van der Waals surface area contributed by atoms with Crippen molar-refractivity contribution in [3.05, 3.63) is 53.7 Å². The molecule has 2 aliphatic heterocycles. The molecule has 7 nitrogen and oxygen atoms in total. The molecule has 10 heteroatoms. The van der Waals surface area contributed by atoms with Crippen LogP contribution in [0.1, 0.15) is 42.6 Å². The monoisotopic (exact) mass is 492 g/mol. The van der Waals surface area contributed by atoms with Crippen LogP contribution in [0.25, 0.3) is 0 Å². The normalized spacial score (nSPS) is 16.8. The third kappa shape index (κ3) is 6.94. The van der Waals surface area contributed by atoms with Crippen molar-refractivity contribution in [2.45, 2.75) is 32.9 Å². The number of rotatable bonds is 4. The van der Waals surface area contributed by atoms with Crippen LogP contribution in [-0.4, -0.2) is 61.1 Å². The van der Waals surface area contributed by atoms with Gasteiger partial charge in [0.2, 0.25) is 5.91 Å². The second kappa shape index (κ2) is 12.0. The summed E-state index contributed by atoms with van der Waals surface area (Å²) in [5.74, 6) is 0.134. The maximum absolute atomic E-state index is 12.7. The number of hydrogen-bond donors (Lipinski definition) is 1. The van der Waals surface area contributed by atoms with E-state index in [1.54, 1.807) is 11.1 Å². The lowest BCUT2D eigenvalue weighted by Gasteiger charge is -2.31. The standard InChI is InChI=1S/C23H25F3N4O3.C2H6/c24-23(25,26)18-3-1-17(2-4-18)22(32)30-9-7-16(8-10-30)21(31)28-19-5-6-20(27-15-19)29-11-13-33-14-12-29;1-2/h1-6,15-16H,7-14H2,(H,28,31);1-2H3. The number of amides is 2. The molecule has 0 unspecified atom stereocenters. The van der Waals surface area contributed by atoms with Crippen molar-refractivity contribution in [3.8, 4) is 0 Å². The summed E-state index contributed by atoms with van der Waals surface area (Å²) in [6.45, 7) is 7.63. The van der Waals surface area contributed by atoms with Crippen LogP contribution in [0.3, 0.4) is 0 Å². The van der Waals surface area contributed by atoms with E-state index in [1.165, 1.54) is 12.1 Å². The predicted octanol–water partition coefficient (Wildman–Crippen LogP) is 4.45. The Kier molecular flexibility index (Phi) is 9.08. The number of ether oxygens (including phenoxy) is 1. The van der Waals surface area contributed by atoms with Crippen molar-refractivity contribution in [2.75, 3.05) is 49.6 Å². The second-order valence-electron chi connectivity index (χ2n) is 8.14. The first-order valence-electron chi connectivity index (χ1n) is 11.9. The summed E-state index contributed by atoms with van der Waals surface area (Å²) in [7, 11) is 0. The Morgan fingerprint density at radius 1 is 0.971 bits per heavy atom. The van der Waals surface area contributed by atoms with Crippen LogP contribution in [0.4, 0.5) is 24.7 Å². The quantitative estimate of drug-likeness (QED) is 0.683. The van der Waals surface area contributed by atoms with E-state index in [0.29, 0.717) is 44.8 Å². The zero-order valence-corrected chi connectivity index (χ0v) is 20.0. The van der Waals surface area contributed by atoms with Crippen molar-refractivity contribution >= 4 is 23.3 Å². The number of pyridine rings is 1. The van der Waals surface area contributed by atoms with Gasteiger partial charge in [0.05, 0.1) is 30.7 Å². The zero-order valence-electron chi connectivity index (χ0n) is 20.0.